The molecule has 0 aliphatic rings. The maximum atomic E-state index is 10.6. The summed E-state index contributed by atoms with van der Waals surface area (Å²) in [7, 11) is 1.93. The van der Waals surface area contributed by atoms with Crippen LogP contribution in [0.3, 0.4) is 0 Å². The van der Waals surface area contributed by atoms with E-state index < -0.39 is 0 Å². The SMILES string of the molecule is Cc1nn(C)c(-c2cccc3ccccc23)c1/C=C/C=O.[KH]. The molecule has 3 rings (SSSR count). The number of rotatable bonds is 3. The summed E-state index contributed by atoms with van der Waals surface area (Å²) in [5, 5.41) is 6.87. The monoisotopic (exact) mass is 316 g/mol. The Morgan fingerprint density at radius 1 is 1.09 bits per heavy atom. The van der Waals surface area contributed by atoms with Crippen LogP contribution in [0.25, 0.3) is 28.1 Å². The van der Waals surface area contributed by atoms with Gasteiger partial charge in [0.2, 0.25) is 0 Å². The van der Waals surface area contributed by atoms with Gasteiger partial charge in [0.1, 0.15) is 6.29 Å². The second-order valence-electron chi connectivity index (χ2n) is 4.99. The van der Waals surface area contributed by atoms with Crippen molar-refractivity contribution in [1.82, 2.24) is 9.78 Å². The van der Waals surface area contributed by atoms with Gasteiger partial charge in [0.25, 0.3) is 0 Å². The van der Waals surface area contributed by atoms with Gasteiger partial charge in [-0.1, -0.05) is 42.5 Å². The number of hydrogen-bond acceptors (Lipinski definition) is 2. The number of aldehydes is 1. The molecule has 0 radical (unpaired) electrons. The van der Waals surface area contributed by atoms with Gasteiger partial charge in [-0.2, -0.15) is 5.10 Å². The Morgan fingerprint density at radius 2 is 1.82 bits per heavy atom. The molecule has 3 nitrogen and oxygen atoms in total. The molecular weight excluding hydrogens is 299 g/mol. The van der Waals surface area contributed by atoms with E-state index >= 15 is 0 Å². The van der Waals surface area contributed by atoms with Crippen LogP contribution in [-0.2, 0) is 11.8 Å². The molecule has 0 N–H and O–H groups in total. The third-order valence-electron chi connectivity index (χ3n) is 3.65. The second kappa shape index (κ2) is 7.48. The summed E-state index contributed by atoms with van der Waals surface area (Å²) in [6, 6.07) is 14.5. The topological polar surface area (TPSA) is 34.9 Å². The van der Waals surface area contributed by atoms with Gasteiger partial charge < -0.3 is 0 Å². The molecule has 0 aliphatic carbocycles. The Kier molecular flexibility index (Phi) is 5.89. The summed E-state index contributed by atoms with van der Waals surface area (Å²) >= 11 is 0. The van der Waals surface area contributed by atoms with E-state index in [1.54, 1.807) is 0 Å². The fourth-order valence-corrected chi connectivity index (χ4v) is 2.76. The summed E-state index contributed by atoms with van der Waals surface area (Å²) < 4.78 is 1.88. The number of fused-ring (bicyclic) bond motifs is 1. The van der Waals surface area contributed by atoms with Gasteiger partial charge in [0.05, 0.1) is 11.4 Å². The molecular formula is C18H17KN2O. The van der Waals surface area contributed by atoms with Gasteiger partial charge in [0.15, 0.2) is 0 Å². The van der Waals surface area contributed by atoms with Gasteiger partial charge in [-0.3, -0.25) is 9.48 Å². The van der Waals surface area contributed by atoms with Crippen molar-refractivity contribution in [3.05, 3.63) is 59.8 Å². The van der Waals surface area contributed by atoms with E-state index in [2.05, 4.69) is 29.4 Å². The average Bonchev–Trinajstić information content (AvgIpc) is 2.78. The van der Waals surface area contributed by atoms with Crippen molar-refractivity contribution < 1.29 is 4.79 Å². The fraction of sp³-hybridized carbons (Fsp3) is 0.111. The first-order valence-corrected chi connectivity index (χ1v) is 6.86. The van der Waals surface area contributed by atoms with Crippen molar-refractivity contribution in [1.29, 1.82) is 0 Å². The summed E-state index contributed by atoms with van der Waals surface area (Å²) in [6.07, 6.45) is 4.13. The number of aromatic nitrogens is 2. The van der Waals surface area contributed by atoms with Crippen LogP contribution in [0.2, 0.25) is 0 Å². The van der Waals surface area contributed by atoms with E-state index in [1.165, 1.54) is 16.8 Å². The quantitative estimate of drug-likeness (QED) is 0.423. The number of hydrogen-bond donors (Lipinski definition) is 0. The molecule has 0 aliphatic heterocycles. The number of aryl methyl sites for hydroxylation is 2. The Hall–Kier alpha value is -1.04. The van der Waals surface area contributed by atoms with Crippen LogP contribution in [0, 0.1) is 6.92 Å². The van der Waals surface area contributed by atoms with Crippen molar-refractivity contribution >= 4 is 74.5 Å². The molecule has 0 saturated carbocycles. The van der Waals surface area contributed by atoms with Crippen molar-refractivity contribution in [2.24, 2.45) is 7.05 Å². The molecule has 3 aromatic rings. The van der Waals surface area contributed by atoms with Crippen LogP contribution in [0.1, 0.15) is 11.3 Å². The van der Waals surface area contributed by atoms with Gasteiger partial charge in [0, 0.05) is 18.2 Å². The minimum atomic E-state index is 0. The molecule has 2 aromatic carbocycles. The zero-order valence-corrected chi connectivity index (χ0v) is 12.1. The molecule has 0 unspecified atom stereocenters. The predicted molar refractivity (Wildman–Crippen MR) is 93.1 cm³/mol. The maximum absolute atomic E-state index is 10.6. The van der Waals surface area contributed by atoms with Crippen molar-refractivity contribution in [3.63, 3.8) is 0 Å². The molecule has 1 aromatic heterocycles. The van der Waals surface area contributed by atoms with Gasteiger partial charge >= 0.3 is 51.4 Å². The third-order valence-corrected chi connectivity index (χ3v) is 3.65. The summed E-state index contributed by atoms with van der Waals surface area (Å²) in [6.45, 7) is 1.96. The molecule has 4 heteroatoms. The Balaban J connectivity index is 0.00000176. The zero-order valence-electron chi connectivity index (χ0n) is 12.1. The minimum absolute atomic E-state index is 0. The predicted octanol–water partition coefficient (Wildman–Crippen LogP) is 3.11. The summed E-state index contributed by atoms with van der Waals surface area (Å²) in [4.78, 5) is 10.6. The molecule has 1 heterocycles. The number of carbonyl (C=O) groups is 1. The average molecular weight is 316 g/mol. The van der Waals surface area contributed by atoms with E-state index in [9.17, 15) is 4.79 Å². The van der Waals surface area contributed by atoms with E-state index in [0.717, 1.165) is 28.8 Å². The number of benzene rings is 2. The van der Waals surface area contributed by atoms with Crippen LogP contribution < -0.4 is 0 Å². The normalized spacial score (nSPS) is 10.8. The van der Waals surface area contributed by atoms with E-state index in [-0.39, 0.29) is 51.4 Å². The number of nitrogens with zero attached hydrogens (tertiary/aromatic N) is 2. The molecule has 0 fully saturated rings. The third kappa shape index (κ3) is 3.16. The van der Waals surface area contributed by atoms with Crippen molar-refractivity contribution in [2.75, 3.05) is 0 Å². The van der Waals surface area contributed by atoms with Crippen molar-refractivity contribution in [2.45, 2.75) is 6.92 Å². The van der Waals surface area contributed by atoms with Crippen LogP contribution in [-0.4, -0.2) is 67.5 Å². The Bertz CT molecular complexity index is 844. The van der Waals surface area contributed by atoms with Crippen LogP contribution >= 0.6 is 0 Å². The first-order valence-electron chi connectivity index (χ1n) is 6.86. The standard InChI is InChI=1S/C18H16N2O.K.H/c1-13-15(11-6-12-21)18(20(2)19-13)17-10-5-8-14-7-3-4-9-16(14)17;;/h3-12H,1-2H3;;/b11-6+;;. The van der Waals surface area contributed by atoms with Crippen molar-refractivity contribution in [3.8, 4) is 11.3 Å². The van der Waals surface area contributed by atoms with E-state index in [0.29, 0.717) is 0 Å². The van der Waals surface area contributed by atoms with Gasteiger partial charge in [-0.15, -0.1) is 0 Å². The van der Waals surface area contributed by atoms with Crippen LogP contribution in [0.5, 0.6) is 0 Å². The Labute approximate surface area is 172 Å². The van der Waals surface area contributed by atoms with E-state index in [1.807, 2.05) is 42.9 Å². The van der Waals surface area contributed by atoms with Crippen LogP contribution in [0.15, 0.2) is 48.5 Å². The van der Waals surface area contributed by atoms with Gasteiger partial charge in [-0.05, 0) is 29.8 Å². The Morgan fingerprint density at radius 3 is 2.59 bits per heavy atom. The van der Waals surface area contributed by atoms with E-state index in [4.69, 9.17) is 0 Å². The first kappa shape index (κ1) is 17.3. The molecule has 0 atom stereocenters. The fourth-order valence-electron chi connectivity index (χ4n) is 2.76. The summed E-state index contributed by atoms with van der Waals surface area (Å²) in [5.41, 5.74) is 4.06. The molecule has 22 heavy (non-hydrogen) atoms. The van der Waals surface area contributed by atoms with Gasteiger partial charge in [-0.25, -0.2) is 0 Å². The number of allylic oxidation sites excluding steroid dienone is 1. The molecule has 0 amide bonds. The molecule has 0 bridgehead atoms. The van der Waals surface area contributed by atoms with Crippen LogP contribution in [0.4, 0.5) is 0 Å². The molecule has 106 valence electrons. The zero-order chi connectivity index (χ0) is 14.8. The summed E-state index contributed by atoms with van der Waals surface area (Å²) in [5.74, 6) is 0. The molecule has 0 saturated heterocycles. The number of carbonyl (C=O) groups excluding carboxylic acids is 1. The second-order valence-corrected chi connectivity index (χ2v) is 4.99. The first-order chi connectivity index (χ1) is 10.2. The molecule has 0 spiro atoms.